The summed E-state index contributed by atoms with van der Waals surface area (Å²) in [5, 5.41) is 12.6. The first-order valence-corrected chi connectivity index (χ1v) is 5.87. The van der Waals surface area contributed by atoms with E-state index < -0.39 is 5.91 Å². The van der Waals surface area contributed by atoms with E-state index >= 15 is 0 Å². The average molecular weight is 278 g/mol. The van der Waals surface area contributed by atoms with Crippen LogP contribution < -0.4 is 11.1 Å². The van der Waals surface area contributed by atoms with E-state index in [1.54, 1.807) is 6.07 Å². The zero-order valence-corrected chi connectivity index (χ0v) is 10.9. The Morgan fingerprint density at radius 3 is 2.79 bits per heavy atom. The molecule has 2 aromatic rings. The summed E-state index contributed by atoms with van der Waals surface area (Å²) in [5.41, 5.74) is 7.13. The van der Waals surface area contributed by atoms with Crippen LogP contribution in [0, 0.1) is 6.92 Å². The quantitative estimate of drug-likeness (QED) is 0.787. The number of anilines is 2. The van der Waals surface area contributed by atoms with Crippen molar-refractivity contribution < 1.29 is 9.90 Å². The minimum atomic E-state index is -0.467. The third-order valence-corrected chi connectivity index (χ3v) is 2.83. The fraction of sp³-hybridized carbons (Fsp3) is 0.0769. The van der Waals surface area contributed by atoms with Crippen LogP contribution >= 0.6 is 11.6 Å². The third kappa shape index (κ3) is 2.95. The van der Waals surface area contributed by atoms with E-state index in [0.717, 1.165) is 5.56 Å². The zero-order chi connectivity index (χ0) is 14.0. The lowest BCUT2D eigenvalue weighted by molar-refractivity contribution is 0.102. The number of nitrogen functional groups attached to an aromatic ring is 1. The number of rotatable bonds is 2. The van der Waals surface area contributed by atoms with Crippen LogP contribution in [0.1, 0.15) is 15.9 Å². The smallest absolute Gasteiger partial charge is 0.260 e. The number of aryl methyl sites for hydroxylation is 1. The second-order valence-corrected chi connectivity index (χ2v) is 4.48. The van der Waals surface area contributed by atoms with Crippen LogP contribution in [-0.2, 0) is 0 Å². The Hall–Kier alpha value is -2.27. The number of hydrogen-bond acceptors (Lipinski definition) is 4. The molecule has 0 fully saturated rings. The highest BCUT2D eigenvalue weighted by Crippen LogP contribution is 2.23. The number of aromatic hydroxyl groups is 1. The fourth-order valence-electron chi connectivity index (χ4n) is 1.52. The van der Waals surface area contributed by atoms with Gasteiger partial charge in [-0.15, -0.1) is 0 Å². The summed E-state index contributed by atoms with van der Waals surface area (Å²) in [5.74, 6) is -0.283. The number of halogens is 1. The van der Waals surface area contributed by atoms with Gasteiger partial charge in [-0.25, -0.2) is 4.98 Å². The first-order valence-electron chi connectivity index (χ1n) is 5.49. The fourth-order valence-corrected chi connectivity index (χ4v) is 1.68. The Morgan fingerprint density at radius 2 is 2.16 bits per heavy atom. The van der Waals surface area contributed by atoms with Gasteiger partial charge in [0.1, 0.15) is 11.6 Å². The normalized spacial score (nSPS) is 10.2. The number of amides is 1. The monoisotopic (exact) mass is 277 g/mol. The van der Waals surface area contributed by atoms with Crippen LogP contribution in [0.5, 0.6) is 5.75 Å². The standard InChI is InChI=1S/C13H12ClN3O2/c1-7-4-12(16-6-10(7)15)17-13(19)9-3-2-8(14)5-11(9)18/h2-6,18H,15H2,1H3,(H,16,17,19). The summed E-state index contributed by atoms with van der Waals surface area (Å²) in [6.07, 6.45) is 1.46. The largest absolute Gasteiger partial charge is 0.507 e. The number of carbonyl (C=O) groups is 1. The van der Waals surface area contributed by atoms with Crippen molar-refractivity contribution in [2.75, 3.05) is 11.1 Å². The molecule has 0 unspecified atom stereocenters. The zero-order valence-electron chi connectivity index (χ0n) is 10.1. The maximum absolute atomic E-state index is 12.0. The van der Waals surface area contributed by atoms with Crippen molar-refractivity contribution >= 4 is 29.0 Å². The molecule has 0 aliphatic rings. The Morgan fingerprint density at radius 1 is 1.42 bits per heavy atom. The van der Waals surface area contributed by atoms with Gasteiger partial charge in [-0.3, -0.25) is 4.79 Å². The predicted octanol–water partition coefficient (Wildman–Crippen LogP) is 2.58. The van der Waals surface area contributed by atoms with Gasteiger partial charge in [-0.2, -0.15) is 0 Å². The highest BCUT2D eigenvalue weighted by molar-refractivity contribution is 6.30. The molecule has 0 bridgehead atoms. The molecule has 0 saturated carbocycles. The lowest BCUT2D eigenvalue weighted by atomic mass is 10.2. The van der Waals surface area contributed by atoms with Crippen molar-refractivity contribution in [1.82, 2.24) is 4.98 Å². The Labute approximate surface area is 115 Å². The molecule has 98 valence electrons. The molecular formula is C13H12ClN3O2. The molecule has 0 atom stereocenters. The molecule has 0 spiro atoms. The summed E-state index contributed by atoms with van der Waals surface area (Å²) in [7, 11) is 0. The van der Waals surface area contributed by atoms with Crippen LogP contribution in [0.4, 0.5) is 11.5 Å². The number of nitrogens with one attached hydrogen (secondary N) is 1. The van der Waals surface area contributed by atoms with Crippen LogP contribution in [0.25, 0.3) is 0 Å². The van der Waals surface area contributed by atoms with E-state index in [9.17, 15) is 9.90 Å². The van der Waals surface area contributed by atoms with E-state index in [2.05, 4.69) is 10.3 Å². The second-order valence-electron chi connectivity index (χ2n) is 4.04. The molecule has 0 radical (unpaired) electrons. The van der Waals surface area contributed by atoms with Crippen LogP contribution in [-0.4, -0.2) is 16.0 Å². The number of carbonyl (C=O) groups excluding carboxylic acids is 1. The van der Waals surface area contributed by atoms with Crippen molar-refractivity contribution in [3.05, 3.63) is 46.6 Å². The van der Waals surface area contributed by atoms with E-state index in [-0.39, 0.29) is 11.3 Å². The van der Waals surface area contributed by atoms with E-state index in [1.165, 1.54) is 24.4 Å². The molecule has 1 heterocycles. The van der Waals surface area contributed by atoms with Crippen LogP contribution in [0.15, 0.2) is 30.5 Å². The van der Waals surface area contributed by atoms with Gasteiger partial charge in [0.25, 0.3) is 5.91 Å². The van der Waals surface area contributed by atoms with E-state index in [1.807, 2.05) is 6.92 Å². The summed E-state index contributed by atoms with van der Waals surface area (Å²) in [6, 6.07) is 5.92. The summed E-state index contributed by atoms with van der Waals surface area (Å²) in [4.78, 5) is 15.9. The molecule has 4 N–H and O–H groups in total. The summed E-state index contributed by atoms with van der Waals surface area (Å²) < 4.78 is 0. The minimum absolute atomic E-state index is 0.126. The van der Waals surface area contributed by atoms with Crippen molar-refractivity contribution in [1.29, 1.82) is 0 Å². The van der Waals surface area contributed by atoms with Gasteiger partial charge in [0, 0.05) is 5.02 Å². The predicted molar refractivity (Wildman–Crippen MR) is 74.5 cm³/mol. The number of benzene rings is 1. The topological polar surface area (TPSA) is 88.2 Å². The third-order valence-electron chi connectivity index (χ3n) is 2.60. The maximum Gasteiger partial charge on any atom is 0.260 e. The lowest BCUT2D eigenvalue weighted by Crippen LogP contribution is -2.13. The number of hydrogen-bond donors (Lipinski definition) is 3. The highest BCUT2D eigenvalue weighted by Gasteiger charge is 2.12. The number of phenolic OH excluding ortho intramolecular Hbond substituents is 1. The first-order chi connectivity index (χ1) is 8.97. The Balaban J connectivity index is 2.23. The van der Waals surface area contributed by atoms with Gasteiger partial charge in [-0.1, -0.05) is 11.6 Å². The van der Waals surface area contributed by atoms with E-state index in [0.29, 0.717) is 16.5 Å². The van der Waals surface area contributed by atoms with Crippen molar-refractivity contribution in [3.63, 3.8) is 0 Å². The van der Waals surface area contributed by atoms with Crippen molar-refractivity contribution in [2.45, 2.75) is 6.92 Å². The van der Waals surface area contributed by atoms with Gasteiger partial charge in [0.2, 0.25) is 0 Å². The van der Waals surface area contributed by atoms with Gasteiger partial charge < -0.3 is 16.2 Å². The van der Waals surface area contributed by atoms with Gasteiger partial charge >= 0.3 is 0 Å². The lowest BCUT2D eigenvalue weighted by Gasteiger charge is -2.08. The molecule has 19 heavy (non-hydrogen) atoms. The molecule has 0 saturated heterocycles. The summed E-state index contributed by atoms with van der Waals surface area (Å²) in [6.45, 7) is 1.81. The number of nitrogens with zero attached hydrogens (tertiary/aromatic N) is 1. The van der Waals surface area contributed by atoms with Gasteiger partial charge in [0.05, 0.1) is 17.4 Å². The number of aromatic nitrogens is 1. The van der Waals surface area contributed by atoms with Gasteiger partial charge in [-0.05, 0) is 36.8 Å². The second kappa shape index (κ2) is 5.16. The number of phenols is 1. The average Bonchev–Trinajstić information content (AvgIpc) is 2.33. The Kier molecular flexibility index (Phi) is 3.57. The SMILES string of the molecule is Cc1cc(NC(=O)c2ccc(Cl)cc2O)ncc1N. The minimum Gasteiger partial charge on any atom is -0.507 e. The molecule has 1 amide bonds. The van der Waals surface area contributed by atoms with Crippen molar-refractivity contribution in [3.8, 4) is 5.75 Å². The molecule has 2 rings (SSSR count). The van der Waals surface area contributed by atoms with Crippen molar-refractivity contribution in [2.24, 2.45) is 0 Å². The van der Waals surface area contributed by atoms with Crippen LogP contribution in [0.2, 0.25) is 5.02 Å². The Bertz CT molecular complexity index is 644. The molecule has 5 nitrogen and oxygen atoms in total. The molecule has 0 aliphatic heterocycles. The summed E-state index contributed by atoms with van der Waals surface area (Å²) >= 11 is 5.70. The van der Waals surface area contributed by atoms with Gasteiger partial charge in [0.15, 0.2) is 0 Å². The highest BCUT2D eigenvalue weighted by atomic mass is 35.5. The maximum atomic E-state index is 12.0. The first kappa shape index (κ1) is 13.2. The molecule has 1 aromatic heterocycles. The number of nitrogens with two attached hydrogens (primary N) is 1. The van der Waals surface area contributed by atoms with E-state index in [4.69, 9.17) is 17.3 Å². The molecule has 1 aromatic carbocycles. The molecule has 0 aliphatic carbocycles. The molecular weight excluding hydrogens is 266 g/mol. The van der Waals surface area contributed by atoms with Crippen LogP contribution in [0.3, 0.4) is 0 Å². The molecule has 6 heteroatoms. The number of pyridine rings is 1.